The fourth-order valence-electron chi connectivity index (χ4n) is 0. The van der Waals surface area contributed by atoms with Crippen LogP contribution in [0.5, 0.6) is 0 Å². The summed E-state index contributed by atoms with van der Waals surface area (Å²) in [4.78, 5) is 0. The Labute approximate surface area is 143 Å². The predicted molar refractivity (Wildman–Crippen MR) is 28.5 cm³/mol. The molecule has 0 bridgehead atoms. The molecule has 0 heterocycles. The molecule has 0 saturated heterocycles. The van der Waals surface area contributed by atoms with Gasteiger partial charge in [-0.3, -0.25) is 0 Å². The van der Waals surface area contributed by atoms with Crippen molar-refractivity contribution in [3.05, 3.63) is 0 Å². The van der Waals surface area contributed by atoms with Gasteiger partial charge in [0.15, 0.2) is 0 Å². The molecule has 0 spiro atoms. The van der Waals surface area contributed by atoms with E-state index in [2.05, 4.69) is 0 Å². The fourth-order valence-corrected chi connectivity index (χ4v) is 0. The van der Waals surface area contributed by atoms with Gasteiger partial charge >= 0.3 is 102 Å². The van der Waals surface area contributed by atoms with Gasteiger partial charge in [0.2, 0.25) is 0 Å². The van der Waals surface area contributed by atoms with Crippen molar-refractivity contribution in [2.75, 3.05) is 0 Å². The van der Waals surface area contributed by atoms with Gasteiger partial charge in [0.1, 0.15) is 0 Å². The van der Waals surface area contributed by atoms with Crippen molar-refractivity contribution in [1.82, 2.24) is 0 Å². The van der Waals surface area contributed by atoms with Gasteiger partial charge in [0.25, 0.3) is 0 Å². The van der Waals surface area contributed by atoms with Gasteiger partial charge < -0.3 is 43.8 Å². The topological polar surface area (TPSA) is 228 Å². The molecule has 0 aromatic carbocycles. The molecule has 0 aromatic rings. The van der Waals surface area contributed by atoms with Crippen molar-refractivity contribution in [2.45, 2.75) is 0 Å². The van der Waals surface area contributed by atoms with Crippen LogP contribution in [-0.4, -0.2) is 50.3 Å². The summed E-state index contributed by atoms with van der Waals surface area (Å²) in [5.74, 6) is 0. The van der Waals surface area contributed by atoms with Crippen LogP contribution in [0.3, 0.4) is 0 Å². The zero-order valence-electron chi connectivity index (χ0n) is 6.34. The maximum absolute atomic E-state index is 0. The van der Waals surface area contributed by atoms with Crippen molar-refractivity contribution < 1.29 is 95.2 Å². The number of rotatable bonds is 0. The van der Waals surface area contributed by atoms with Gasteiger partial charge in [-0.1, -0.05) is 0 Å². The Morgan fingerprint density at radius 1 is 0.308 bits per heavy atom. The maximum Gasteiger partial charge on any atom is 4.00 e. The SMILES string of the molecule is [Al+3].[K+].[O-2].[O-2].[O-2].[O-2].[O-2].[O-2].[O-2].[O-2].[Si+4].[Si+4].[Si+4]. The Morgan fingerprint density at radius 3 is 0.308 bits per heavy atom. The second kappa shape index (κ2) is 423. The first-order chi connectivity index (χ1) is 0. The summed E-state index contributed by atoms with van der Waals surface area (Å²) in [5.41, 5.74) is 0. The average Bonchev–Trinajstić information content (AvgIpc) is 0. The first-order valence-corrected chi connectivity index (χ1v) is 0. The van der Waals surface area contributed by atoms with Crippen LogP contribution >= 0.6 is 0 Å². The van der Waals surface area contributed by atoms with Crippen LogP contribution in [0, 0.1) is 0 Å². The van der Waals surface area contributed by atoms with Crippen LogP contribution in [0.15, 0.2) is 0 Å². The largest absolute Gasteiger partial charge is 4.00 e. The molecule has 0 amide bonds. The van der Waals surface area contributed by atoms with E-state index < -0.39 is 0 Å². The molecule has 8 nitrogen and oxygen atoms in total. The van der Waals surface area contributed by atoms with E-state index in [0.29, 0.717) is 0 Å². The molecule has 0 aliphatic rings. The summed E-state index contributed by atoms with van der Waals surface area (Å²) in [6.07, 6.45) is 0. The molecule has 0 aromatic heterocycles. The van der Waals surface area contributed by atoms with Gasteiger partial charge in [-0.15, -0.1) is 0 Å². The predicted octanol–water partition coefficient (Wildman–Crippen LogP) is -5.47. The van der Waals surface area contributed by atoms with Crippen LogP contribution < -0.4 is 51.4 Å². The van der Waals surface area contributed by atoms with E-state index in [9.17, 15) is 0 Å². The Bertz CT molecular complexity index is 19.4. The van der Waals surface area contributed by atoms with Crippen molar-refractivity contribution in [1.29, 1.82) is 0 Å². The molecule has 0 rings (SSSR count). The summed E-state index contributed by atoms with van der Waals surface area (Å²) in [6, 6.07) is 0. The minimum atomic E-state index is 0. The van der Waals surface area contributed by atoms with Crippen LogP contribution in [0.2, 0.25) is 0 Å². The first-order valence-electron chi connectivity index (χ1n) is 0. The fraction of sp³-hybridized carbons (Fsp3) is 0. The minimum Gasteiger partial charge on any atom is -2.00 e. The molecule has 0 unspecified atom stereocenters. The summed E-state index contributed by atoms with van der Waals surface area (Å²) >= 11 is 0. The molecule has 0 N–H and O–H groups in total. The molecule has 64 valence electrons. The first kappa shape index (κ1) is 522. The second-order valence-corrected chi connectivity index (χ2v) is 0. The summed E-state index contributed by atoms with van der Waals surface area (Å²) < 4.78 is 0. The Balaban J connectivity index is 0. The second-order valence-electron chi connectivity index (χ2n) is 0. The summed E-state index contributed by atoms with van der Waals surface area (Å²) in [5, 5.41) is 0. The zero-order valence-corrected chi connectivity index (χ0v) is 13.6. The Kier molecular flexibility index (Phi) is 17000. The minimum absolute atomic E-state index is 0. The third-order valence-corrected chi connectivity index (χ3v) is 0. The molecule has 0 saturated carbocycles. The molecule has 0 fully saturated rings. The quantitative estimate of drug-likeness (QED) is 0.377. The smallest absolute Gasteiger partial charge is 2.00 e. The molecule has 0 aliphatic carbocycles. The van der Waals surface area contributed by atoms with Crippen molar-refractivity contribution >= 4 is 50.3 Å². The van der Waals surface area contributed by atoms with Gasteiger partial charge in [0, 0.05) is 0 Å². The van der Waals surface area contributed by atoms with Crippen molar-refractivity contribution in [3.8, 4) is 0 Å². The van der Waals surface area contributed by atoms with Crippen LogP contribution in [0.4, 0.5) is 0 Å². The molecule has 0 radical (unpaired) electrons. The van der Waals surface area contributed by atoms with Gasteiger partial charge in [-0.2, -0.15) is 0 Å². The van der Waals surface area contributed by atoms with E-state index in [-0.39, 0.29) is 145 Å². The van der Waals surface area contributed by atoms with Crippen molar-refractivity contribution in [2.24, 2.45) is 0 Å². The molecular formula is AlKO8Si3. The van der Waals surface area contributed by atoms with Crippen LogP contribution in [-0.2, 0) is 43.8 Å². The van der Waals surface area contributed by atoms with Crippen LogP contribution in [0.1, 0.15) is 0 Å². The monoisotopic (exact) mass is 278 g/mol. The molecule has 13 heavy (non-hydrogen) atoms. The van der Waals surface area contributed by atoms with E-state index in [1.807, 2.05) is 0 Å². The van der Waals surface area contributed by atoms with E-state index in [1.54, 1.807) is 0 Å². The molecule has 0 aliphatic heterocycles. The third-order valence-electron chi connectivity index (χ3n) is 0. The van der Waals surface area contributed by atoms with Crippen molar-refractivity contribution in [3.63, 3.8) is 0 Å². The Morgan fingerprint density at radius 2 is 0.308 bits per heavy atom. The maximum atomic E-state index is 0. The van der Waals surface area contributed by atoms with Crippen LogP contribution in [0.25, 0.3) is 0 Å². The van der Waals surface area contributed by atoms with Gasteiger partial charge in [0.05, 0.1) is 0 Å². The standard InChI is InChI=1S/Al.K.8O.3Si/q+3;+1;8*-2;3*+4. The summed E-state index contributed by atoms with van der Waals surface area (Å²) in [7, 11) is 0. The van der Waals surface area contributed by atoms with E-state index in [0.717, 1.165) is 0 Å². The Hall–Kier alpha value is 2.50. The van der Waals surface area contributed by atoms with E-state index >= 15 is 0 Å². The average molecular weight is 278 g/mol. The number of hydrogen-bond donors (Lipinski definition) is 0. The van der Waals surface area contributed by atoms with E-state index in [4.69, 9.17) is 0 Å². The zero-order chi connectivity index (χ0) is 0. The molecule has 13 heteroatoms. The van der Waals surface area contributed by atoms with E-state index in [1.165, 1.54) is 0 Å². The summed E-state index contributed by atoms with van der Waals surface area (Å²) in [6.45, 7) is 0. The number of hydrogen-bond acceptors (Lipinski definition) is 0. The normalized spacial score (nSPS) is 0. The molecular weight excluding hydrogens is 278 g/mol. The van der Waals surface area contributed by atoms with Gasteiger partial charge in [-0.05, 0) is 0 Å². The molecule has 0 atom stereocenters. The third kappa shape index (κ3) is 363. The van der Waals surface area contributed by atoms with Gasteiger partial charge in [-0.25, -0.2) is 0 Å².